The molecule has 2 aromatic rings. The van der Waals surface area contributed by atoms with Crippen LogP contribution in [0, 0.1) is 0 Å². The number of carbonyl (C=O) groups is 3. The fourth-order valence-corrected chi connectivity index (χ4v) is 2.46. The van der Waals surface area contributed by atoms with Gasteiger partial charge in [0.15, 0.2) is 0 Å². The highest BCUT2D eigenvalue weighted by Gasteiger charge is 2.05. The smallest absolute Gasteiger partial charge is 0.344 e. The zero-order valence-corrected chi connectivity index (χ0v) is 16.1. The molecule has 30 heavy (non-hydrogen) atoms. The van der Waals surface area contributed by atoms with Gasteiger partial charge in [0.2, 0.25) is 5.91 Å². The summed E-state index contributed by atoms with van der Waals surface area (Å²) in [7, 11) is 0. The third kappa shape index (κ3) is 7.14. The highest BCUT2D eigenvalue weighted by molar-refractivity contribution is 5.95. The van der Waals surface area contributed by atoms with Gasteiger partial charge in [-0.15, -0.1) is 0 Å². The standard InChI is InChI=1S/C18H23N7O5/c19-16(28)22-13-7-5-12(6-8-13)15(27)21-10-2-1-9-20-14(26)4-3-11-25-17(29)23-24-18(25)30/h1-2,5-8H,3-4,9-11H2,(H,20,26)(H,21,27)(H,23,29)(H,24,30)(H3,19,22,28)/b2-1+. The van der Waals surface area contributed by atoms with Crippen LogP contribution in [0.15, 0.2) is 46.0 Å². The average Bonchev–Trinajstić information content (AvgIpc) is 3.02. The second-order valence-electron chi connectivity index (χ2n) is 6.17. The van der Waals surface area contributed by atoms with E-state index >= 15 is 0 Å². The Balaban J connectivity index is 1.61. The number of benzene rings is 1. The molecule has 0 bridgehead atoms. The number of nitrogens with two attached hydrogens (primary N) is 1. The van der Waals surface area contributed by atoms with Gasteiger partial charge in [-0.1, -0.05) is 12.2 Å². The van der Waals surface area contributed by atoms with E-state index in [-0.39, 0.29) is 37.9 Å². The lowest BCUT2D eigenvalue weighted by molar-refractivity contribution is -0.121. The zero-order chi connectivity index (χ0) is 21.9. The van der Waals surface area contributed by atoms with E-state index in [2.05, 4.69) is 26.1 Å². The number of H-pyrrole nitrogens is 2. The molecule has 4 amide bonds. The number of hydrogen-bond donors (Lipinski definition) is 6. The Hall–Kier alpha value is -4.09. The van der Waals surface area contributed by atoms with E-state index in [1.807, 2.05) is 0 Å². The van der Waals surface area contributed by atoms with Crippen molar-refractivity contribution in [1.29, 1.82) is 0 Å². The first-order valence-electron chi connectivity index (χ1n) is 9.10. The van der Waals surface area contributed by atoms with Crippen LogP contribution in [0.3, 0.4) is 0 Å². The van der Waals surface area contributed by atoms with Gasteiger partial charge in [0.1, 0.15) is 0 Å². The third-order valence-electron chi connectivity index (χ3n) is 3.93. The molecule has 2 rings (SSSR count). The third-order valence-corrected chi connectivity index (χ3v) is 3.93. The average molecular weight is 417 g/mol. The van der Waals surface area contributed by atoms with Crippen molar-refractivity contribution in [2.45, 2.75) is 19.4 Å². The Labute approximate surface area is 170 Å². The minimum atomic E-state index is -0.684. The number of rotatable bonds is 10. The molecular formula is C18H23N7O5. The topological polar surface area (TPSA) is 184 Å². The predicted octanol–water partition coefficient (Wildman–Crippen LogP) is -0.762. The van der Waals surface area contributed by atoms with Crippen molar-refractivity contribution >= 4 is 23.5 Å². The number of anilines is 1. The fourth-order valence-electron chi connectivity index (χ4n) is 2.46. The molecule has 0 saturated carbocycles. The van der Waals surface area contributed by atoms with E-state index in [9.17, 15) is 24.0 Å². The minimum Gasteiger partial charge on any atom is -0.353 e. The van der Waals surface area contributed by atoms with Crippen molar-refractivity contribution in [3.05, 3.63) is 62.9 Å². The number of primary amides is 1. The molecule has 0 fully saturated rings. The normalized spacial score (nSPS) is 10.7. The molecule has 160 valence electrons. The lowest BCUT2D eigenvalue weighted by atomic mass is 10.2. The number of carbonyl (C=O) groups excluding carboxylic acids is 3. The van der Waals surface area contributed by atoms with Gasteiger partial charge in [-0.2, -0.15) is 0 Å². The zero-order valence-electron chi connectivity index (χ0n) is 16.1. The van der Waals surface area contributed by atoms with Crippen LogP contribution in [-0.2, 0) is 11.3 Å². The number of aromatic nitrogens is 3. The van der Waals surface area contributed by atoms with Gasteiger partial charge in [-0.3, -0.25) is 9.59 Å². The van der Waals surface area contributed by atoms with Crippen LogP contribution in [0.2, 0.25) is 0 Å². The van der Waals surface area contributed by atoms with E-state index in [0.29, 0.717) is 17.7 Å². The van der Waals surface area contributed by atoms with Crippen molar-refractivity contribution in [2.24, 2.45) is 5.73 Å². The van der Waals surface area contributed by atoms with Crippen LogP contribution in [0.1, 0.15) is 23.2 Å². The molecule has 0 aliphatic rings. The van der Waals surface area contributed by atoms with Crippen molar-refractivity contribution < 1.29 is 14.4 Å². The Morgan fingerprint density at radius 1 is 0.967 bits per heavy atom. The van der Waals surface area contributed by atoms with E-state index < -0.39 is 17.4 Å². The van der Waals surface area contributed by atoms with Crippen LogP contribution in [-0.4, -0.2) is 45.7 Å². The number of urea groups is 1. The summed E-state index contributed by atoms with van der Waals surface area (Å²) < 4.78 is 0.984. The Bertz CT molecular complexity index is 989. The van der Waals surface area contributed by atoms with Crippen LogP contribution in [0.5, 0.6) is 0 Å². The first-order chi connectivity index (χ1) is 14.4. The van der Waals surface area contributed by atoms with Crippen LogP contribution in [0.25, 0.3) is 0 Å². The fraction of sp³-hybridized carbons (Fsp3) is 0.278. The Kier molecular flexibility index (Phi) is 8.17. The number of nitrogens with zero attached hydrogens (tertiary/aromatic N) is 1. The van der Waals surface area contributed by atoms with Crippen molar-refractivity contribution in [1.82, 2.24) is 25.4 Å². The van der Waals surface area contributed by atoms with E-state index in [1.54, 1.807) is 36.4 Å². The molecule has 0 aliphatic heterocycles. The molecule has 0 atom stereocenters. The maximum Gasteiger partial charge on any atom is 0.344 e. The molecule has 1 aromatic heterocycles. The van der Waals surface area contributed by atoms with E-state index in [4.69, 9.17) is 5.73 Å². The summed E-state index contributed by atoms with van der Waals surface area (Å²) in [6.45, 7) is 0.703. The summed E-state index contributed by atoms with van der Waals surface area (Å²) in [6.07, 6.45) is 3.90. The van der Waals surface area contributed by atoms with Gasteiger partial charge >= 0.3 is 17.4 Å². The molecule has 7 N–H and O–H groups in total. The summed E-state index contributed by atoms with van der Waals surface area (Å²) >= 11 is 0. The molecule has 0 aliphatic carbocycles. The second-order valence-corrected chi connectivity index (χ2v) is 6.17. The molecule has 12 heteroatoms. The maximum atomic E-state index is 12.0. The molecule has 1 aromatic carbocycles. The molecule has 0 saturated heterocycles. The lowest BCUT2D eigenvalue weighted by Crippen LogP contribution is -2.28. The maximum absolute atomic E-state index is 12.0. The van der Waals surface area contributed by atoms with Gasteiger partial charge in [-0.05, 0) is 30.7 Å². The van der Waals surface area contributed by atoms with Gasteiger partial charge in [0.25, 0.3) is 5.91 Å². The summed E-state index contributed by atoms with van der Waals surface area (Å²) in [4.78, 5) is 57.1. The van der Waals surface area contributed by atoms with E-state index in [0.717, 1.165) is 4.57 Å². The Morgan fingerprint density at radius 2 is 1.57 bits per heavy atom. The van der Waals surface area contributed by atoms with Crippen molar-refractivity contribution in [2.75, 3.05) is 18.4 Å². The highest BCUT2D eigenvalue weighted by atomic mass is 16.2. The van der Waals surface area contributed by atoms with Crippen molar-refractivity contribution in [3.63, 3.8) is 0 Å². The van der Waals surface area contributed by atoms with Gasteiger partial charge < -0.3 is 21.7 Å². The van der Waals surface area contributed by atoms with Crippen molar-refractivity contribution in [3.8, 4) is 0 Å². The van der Waals surface area contributed by atoms with Crippen LogP contribution >= 0.6 is 0 Å². The number of nitrogens with one attached hydrogen (secondary N) is 5. The number of aromatic amines is 2. The molecule has 0 spiro atoms. The summed E-state index contributed by atoms with van der Waals surface area (Å²) in [5, 5.41) is 12.1. The molecule has 12 nitrogen and oxygen atoms in total. The molecule has 0 unspecified atom stereocenters. The van der Waals surface area contributed by atoms with Gasteiger partial charge in [0, 0.05) is 37.3 Å². The van der Waals surface area contributed by atoms with Gasteiger partial charge in [-0.25, -0.2) is 29.1 Å². The Morgan fingerprint density at radius 3 is 2.17 bits per heavy atom. The summed E-state index contributed by atoms with van der Waals surface area (Å²) in [5.41, 5.74) is 4.85. The first-order valence-corrected chi connectivity index (χ1v) is 9.10. The first kappa shape index (κ1) is 22.2. The van der Waals surface area contributed by atoms with E-state index in [1.165, 1.54) is 0 Å². The molecular weight excluding hydrogens is 394 g/mol. The van der Waals surface area contributed by atoms with Gasteiger partial charge in [0.05, 0.1) is 0 Å². The monoisotopic (exact) mass is 417 g/mol. The number of amides is 4. The largest absolute Gasteiger partial charge is 0.353 e. The SMILES string of the molecule is NC(=O)Nc1ccc(C(=O)NC/C=C/CNC(=O)CCCn2c(=O)[nH][nH]c2=O)cc1. The lowest BCUT2D eigenvalue weighted by Gasteiger charge is -2.05. The molecule has 0 radical (unpaired) electrons. The molecule has 1 heterocycles. The van der Waals surface area contributed by atoms with Crippen LogP contribution < -0.4 is 33.1 Å². The second kappa shape index (κ2) is 11.0. The minimum absolute atomic E-state index is 0.145. The highest BCUT2D eigenvalue weighted by Crippen LogP contribution is 2.09. The predicted molar refractivity (Wildman–Crippen MR) is 109 cm³/mol. The number of hydrogen-bond acceptors (Lipinski definition) is 5. The summed E-state index contributed by atoms with van der Waals surface area (Å²) in [6, 6.07) is 5.55. The van der Waals surface area contributed by atoms with Crippen LogP contribution in [0.4, 0.5) is 10.5 Å². The summed E-state index contributed by atoms with van der Waals surface area (Å²) in [5.74, 6) is -0.502. The quantitative estimate of drug-likeness (QED) is 0.277.